The maximum absolute atomic E-state index is 10.7. The molecule has 1 aromatic rings. The van der Waals surface area contributed by atoms with Crippen LogP contribution in [0, 0.1) is 5.92 Å². The first kappa shape index (κ1) is 9.39. The van der Waals surface area contributed by atoms with Crippen LogP contribution in [0.2, 0.25) is 0 Å². The molecular weight excluding hydrogens is 202 g/mol. The number of carboxylic acid groups (broad SMARTS) is 1. The Hall–Kier alpha value is -1.17. The zero-order chi connectivity index (χ0) is 9.97. The van der Waals surface area contributed by atoms with E-state index in [2.05, 4.69) is 14.7 Å². The van der Waals surface area contributed by atoms with Crippen molar-refractivity contribution in [3.8, 4) is 0 Å². The molecule has 5 nitrogen and oxygen atoms in total. The molecule has 0 bridgehead atoms. The lowest BCUT2D eigenvalue weighted by Crippen LogP contribution is -2.17. The van der Waals surface area contributed by atoms with E-state index in [1.54, 1.807) is 0 Å². The van der Waals surface area contributed by atoms with E-state index in [4.69, 9.17) is 5.11 Å². The fourth-order valence-corrected chi connectivity index (χ4v) is 2.26. The predicted molar refractivity (Wildman–Crippen MR) is 52.3 cm³/mol. The lowest BCUT2D eigenvalue weighted by Gasteiger charge is -2.09. The highest BCUT2D eigenvalue weighted by Crippen LogP contribution is 2.28. The molecule has 0 aliphatic heterocycles. The third kappa shape index (κ3) is 2.01. The Kier molecular flexibility index (Phi) is 2.62. The number of nitrogens with zero attached hydrogens (tertiary/aromatic N) is 2. The van der Waals surface area contributed by atoms with Crippen LogP contribution < -0.4 is 5.32 Å². The third-order valence-electron chi connectivity index (χ3n) is 2.47. The standard InChI is InChI=1S/C8H11N3O2S/c12-7(13)5-1-2-6(3-5)11-8-9-4-10-14-8/h4-6H,1-3H2,(H,12,13)(H,9,10,11). The van der Waals surface area contributed by atoms with Crippen LogP contribution >= 0.6 is 11.5 Å². The second kappa shape index (κ2) is 3.91. The highest BCUT2D eigenvalue weighted by atomic mass is 32.1. The van der Waals surface area contributed by atoms with Crippen LogP contribution in [0.5, 0.6) is 0 Å². The summed E-state index contributed by atoms with van der Waals surface area (Å²) in [6.07, 6.45) is 3.84. The molecule has 1 saturated carbocycles. The van der Waals surface area contributed by atoms with Crippen LogP contribution in [0.3, 0.4) is 0 Å². The first-order valence-electron chi connectivity index (χ1n) is 4.51. The fraction of sp³-hybridized carbons (Fsp3) is 0.625. The topological polar surface area (TPSA) is 75.1 Å². The Morgan fingerprint density at radius 1 is 1.64 bits per heavy atom. The van der Waals surface area contributed by atoms with E-state index >= 15 is 0 Å². The van der Waals surface area contributed by atoms with Gasteiger partial charge in [-0.2, -0.15) is 4.37 Å². The Morgan fingerprint density at radius 2 is 2.50 bits per heavy atom. The summed E-state index contributed by atoms with van der Waals surface area (Å²) < 4.78 is 3.87. The van der Waals surface area contributed by atoms with Crippen LogP contribution in [0.4, 0.5) is 5.13 Å². The van der Waals surface area contributed by atoms with Gasteiger partial charge in [-0.25, -0.2) is 4.98 Å². The summed E-state index contributed by atoms with van der Waals surface area (Å²) in [6, 6.07) is 0.240. The van der Waals surface area contributed by atoms with Gasteiger partial charge in [0.2, 0.25) is 5.13 Å². The van der Waals surface area contributed by atoms with Crippen molar-refractivity contribution in [1.29, 1.82) is 0 Å². The normalized spacial score (nSPS) is 26.3. The first-order valence-corrected chi connectivity index (χ1v) is 5.29. The molecular formula is C8H11N3O2S. The van der Waals surface area contributed by atoms with Gasteiger partial charge in [-0.05, 0) is 19.3 Å². The molecule has 1 fully saturated rings. The molecule has 0 spiro atoms. The molecule has 76 valence electrons. The lowest BCUT2D eigenvalue weighted by molar-refractivity contribution is -0.141. The molecule has 1 heterocycles. The second-order valence-electron chi connectivity index (χ2n) is 3.44. The molecule has 1 aliphatic carbocycles. The number of hydrogen-bond donors (Lipinski definition) is 2. The Balaban J connectivity index is 1.87. The average molecular weight is 213 g/mol. The van der Waals surface area contributed by atoms with Crippen LogP contribution in [-0.4, -0.2) is 26.5 Å². The Morgan fingerprint density at radius 3 is 3.07 bits per heavy atom. The van der Waals surface area contributed by atoms with E-state index < -0.39 is 5.97 Å². The molecule has 0 aromatic carbocycles. The van der Waals surface area contributed by atoms with Gasteiger partial charge in [0, 0.05) is 17.6 Å². The van der Waals surface area contributed by atoms with Crippen molar-refractivity contribution >= 4 is 22.6 Å². The zero-order valence-electron chi connectivity index (χ0n) is 7.51. The molecule has 0 saturated heterocycles. The van der Waals surface area contributed by atoms with Gasteiger partial charge >= 0.3 is 5.97 Å². The van der Waals surface area contributed by atoms with Crippen LogP contribution in [-0.2, 0) is 4.79 Å². The van der Waals surface area contributed by atoms with Crippen molar-refractivity contribution in [3.63, 3.8) is 0 Å². The summed E-state index contributed by atoms with van der Waals surface area (Å²) in [5, 5.41) is 12.8. The molecule has 14 heavy (non-hydrogen) atoms. The highest BCUT2D eigenvalue weighted by Gasteiger charge is 2.29. The molecule has 2 rings (SSSR count). The summed E-state index contributed by atoms with van der Waals surface area (Å²) in [5.74, 6) is -0.882. The summed E-state index contributed by atoms with van der Waals surface area (Å²) in [4.78, 5) is 14.7. The second-order valence-corrected chi connectivity index (χ2v) is 4.22. The van der Waals surface area contributed by atoms with Crippen LogP contribution in [0.15, 0.2) is 6.33 Å². The van der Waals surface area contributed by atoms with E-state index in [0.29, 0.717) is 6.42 Å². The van der Waals surface area contributed by atoms with E-state index in [1.807, 2.05) is 0 Å². The Labute approximate surface area is 85.3 Å². The molecule has 0 amide bonds. The predicted octanol–water partition coefficient (Wildman–Crippen LogP) is 1.20. The maximum atomic E-state index is 10.7. The van der Waals surface area contributed by atoms with Crippen molar-refractivity contribution in [3.05, 3.63) is 6.33 Å². The SMILES string of the molecule is O=C(O)C1CCC(Nc2ncns2)C1. The smallest absolute Gasteiger partial charge is 0.306 e. The molecule has 2 atom stereocenters. The molecule has 1 aromatic heterocycles. The molecule has 1 aliphatic rings. The van der Waals surface area contributed by atoms with E-state index in [-0.39, 0.29) is 12.0 Å². The number of hydrogen-bond acceptors (Lipinski definition) is 5. The first-order chi connectivity index (χ1) is 6.75. The van der Waals surface area contributed by atoms with Crippen LogP contribution in [0.1, 0.15) is 19.3 Å². The zero-order valence-corrected chi connectivity index (χ0v) is 8.33. The minimum atomic E-state index is -0.688. The van der Waals surface area contributed by atoms with E-state index in [1.165, 1.54) is 17.9 Å². The minimum Gasteiger partial charge on any atom is -0.481 e. The summed E-state index contributed by atoms with van der Waals surface area (Å²) >= 11 is 1.30. The average Bonchev–Trinajstić information content (AvgIpc) is 2.75. The number of aliphatic carboxylic acids is 1. The molecule has 2 unspecified atom stereocenters. The Bertz CT molecular complexity index is 314. The molecule has 2 N–H and O–H groups in total. The lowest BCUT2D eigenvalue weighted by atomic mass is 10.1. The van der Waals surface area contributed by atoms with Crippen molar-refractivity contribution in [2.75, 3.05) is 5.32 Å². The minimum absolute atomic E-state index is 0.194. The van der Waals surface area contributed by atoms with Gasteiger partial charge in [0.25, 0.3) is 0 Å². The number of rotatable bonds is 3. The van der Waals surface area contributed by atoms with Crippen molar-refractivity contribution in [2.24, 2.45) is 5.92 Å². The van der Waals surface area contributed by atoms with E-state index in [0.717, 1.165) is 18.0 Å². The van der Waals surface area contributed by atoms with Gasteiger partial charge in [0.1, 0.15) is 6.33 Å². The van der Waals surface area contributed by atoms with Gasteiger partial charge in [0.15, 0.2) is 0 Å². The summed E-state index contributed by atoms with van der Waals surface area (Å²) in [5.41, 5.74) is 0. The maximum Gasteiger partial charge on any atom is 0.306 e. The quantitative estimate of drug-likeness (QED) is 0.789. The van der Waals surface area contributed by atoms with E-state index in [9.17, 15) is 4.79 Å². The summed E-state index contributed by atoms with van der Waals surface area (Å²) in [6.45, 7) is 0. The number of nitrogens with one attached hydrogen (secondary N) is 1. The van der Waals surface area contributed by atoms with Gasteiger partial charge < -0.3 is 10.4 Å². The largest absolute Gasteiger partial charge is 0.481 e. The molecule has 0 radical (unpaired) electrons. The van der Waals surface area contributed by atoms with Gasteiger partial charge in [-0.15, -0.1) is 0 Å². The van der Waals surface area contributed by atoms with Gasteiger partial charge in [-0.1, -0.05) is 0 Å². The summed E-state index contributed by atoms with van der Waals surface area (Å²) in [7, 11) is 0. The van der Waals surface area contributed by atoms with Gasteiger partial charge in [0.05, 0.1) is 5.92 Å². The number of aromatic nitrogens is 2. The van der Waals surface area contributed by atoms with Crippen molar-refractivity contribution in [2.45, 2.75) is 25.3 Å². The van der Waals surface area contributed by atoms with Crippen molar-refractivity contribution < 1.29 is 9.90 Å². The third-order valence-corrected chi connectivity index (χ3v) is 3.07. The van der Waals surface area contributed by atoms with Crippen LogP contribution in [0.25, 0.3) is 0 Å². The number of anilines is 1. The number of carboxylic acids is 1. The highest BCUT2D eigenvalue weighted by molar-refractivity contribution is 7.09. The fourth-order valence-electron chi connectivity index (χ4n) is 1.75. The van der Waals surface area contributed by atoms with Crippen molar-refractivity contribution in [1.82, 2.24) is 9.36 Å². The monoisotopic (exact) mass is 213 g/mol. The molecule has 6 heteroatoms. The van der Waals surface area contributed by atoms with Gasteiger partial charge in [-0.3, -0.25) is 4.79 Å². The number of carbonyl (C=O) groups is 1.